The molecule has 0 fully saturated rings. The Bertz CT molecular complexity index is 1970. The number of hydrogen-bond acceptors (Lipinski definition) is 4. The van der Waals surface area contributed by atoms with E-state index in [4.69, 9.17) is 18.9 Å². The van der Waals surface area contributed by atoms with Crippen molar-refractivity contribution in [2.45, 2.75) is 85.0 Å². The SMILES string of the molecule is CCC1=C(C)c2cc3[nH]c(cc4nc(cc5c(CCC(=O)O)c(C)c(cc1n2)[n]5[Sn+]([CH3])[Cl])C(CCC(=O)O)=C4C)c(C)c3CC. The molecule has 0 spiro atoms. The summed E-state index contributed by atoms with van der Waals surface area (Å²) >= 11 is -2.75. The molecule has 10 heteroatoms. The summed E-state index contributed by atoms with van der Waals surface area (Å²) in [5.41, 5.74) is 15.5. The molecule has 45 heavy (non-hydrogen) atoms. The number of carbonyl (C=O) groups is 2. The predicted octanol–water partition coefficient (Wildman–Crippen LogP) is 8.33. The van der Waals surface area contributed by atoms with Crippen LogP contribution in [0, 0.1) is 13.8 Å². The number of aromatic nitrogens is 4. The second-order valence-corrected chi connectivity index (χ2v) is 19.6. The minimum absolute atomic E-state index is 0.0186. The summed E-state index contributed by atoms with van der Waals surface area (Å²) in [4.78, 5) is 39.4. The average molecular weight is 735 g/mol. The summed E-state index contributed by atoms with van der Waals surface area (Å²) in [5.74, 6) is -1.74. The van der Waals surface area contributed by atoms with Crippen molar-refractivity contribution in [3.8, 4) is 0 Å². The molecule has 3 N–H and O–H groups in total. The van der Waals surface area contributed by atoms with Gasteiger partial charge in [0.2, 0.25) is 0 Å². The first-order chi connectivity index (χ1) is 21.4. The van der Waals surface area contributed by atoms with Gasteiger partial charge in [-0.1, -0.05) is 0 Å². The van der Waals surface area contributed by atoms with Gasteiger partial charge in [0.15, 0.2) is 0 Å². The van der Waals surface area contributed by atoms with Crippen LogP contribution in [0.2, 0.25) is 4.94 Å². The van der Waals surface area contributed by atoms with Gasteiger partial charge in [0.05, 0.1) is 0 Å². The second-order valence-electron chi connectivity index (χ2n) is 11.8. The zero-order chi connectivity index (χ0) is 32.7. The summed E-state index contributed by atoms with van der Waals surface area (Å²) in [5, 5.41) is 19.2. The molecule has 2 aliphatic heterocycles. The standard InChI is InChI=1S/C34H38N4O4.CH3.ClH.Sn/c1-7-21-17(3)25-13-26-19(5)23(9-11-33(39)40)31(37-26)16-32-24(10-12-34(41)42)20(6)28(38-32)15-30-22(8-2)18(4)27(36-30)14-29(21)35-25;;;/h13-16H,7-12H2,1-6H3,(H4,35,36,37,38,39,40,41,42);1H3;1H;/q;;;+3/p-2. The maximum absolute atomic E-state index is 11.8. The molecular formula is C35H40ClN4O4Sn+. The van der Waals surface area contributed by atoms with Crippen molar-refractivity contribution in [1.82, 2.24) is 17.7 Å². The maximum atomic E-state index is 11.8. The number of hydrogen-bond donors (Lipinski definition) is 3. The van der Waals surface area contributed by atoms with Crippen LogP contribution < -0.4 is 0 Å². The number of rotatable bonds is 9. The molecule has 0 saturated heterocycles. The van der Waals surface area contributed by atoms with Crippen molar-refractivity contribution in [3.63, 3.8) is 0 Å². The van der Waals surface area contributed by atoms with E-state index >= 15 is 0 Å². The normalized spacial score (nSPS) is 13.2. The summed E-state index contributed by atoms with van der Waals surface area (Å²) < 4.78 is 2.22. The van der Waals surface area contributed by atoms with Gasteiger partial charge in [-0.15, -0.1) is 0 Å². The fraction of sp³-hybridized carbons (Fsp3) is 0.371. The van der Waals surface area contributed by atoms with Crippen molar-refractivity contribution in [1.29, 1.82) is 0 Å². The number of carboxylic acids is 2. The average Bonchev–Trinajstić information content (AvgIpc) is 3.62. The molecule has 0 radical (unpaired) electrons. The van der Waals surface area contributed by atoms with Gasteiger partial charge in [-0.2, -0.15) is 0 Å². The van der Waals surface area contributed by atoms with E-state index in [1.165, 1.54) is 11.1 Å². The third-order valence-corrected chi connectivity index (χ3v) is 13.4. The zero-order valence-electron chi connectivity index (χ0n) is 27.0. The van der Waals surface area contributed by atoms with Gasteiger partial charge in [-0.3, -0.25) is 0 Å². The number of H-pyrrole nitrogens is 1. The molecule has 5 rings (SSSR count). The molecule has 8 nitrogen and oxygen atoms in total. The van der Waals surface area contributed by atoms with Gasteiger partial charge in [-0.05, 0) is 0 Å². The molecule has 3 aromatic rings. The van der Waals surface area contributed by atoms with Crippen molar-refractivity contribution in [2.75, 3.05) is 0 Å². The monoisotopic (exact) mass is 735 g/mol. The van der Waals surface area contributed by atoms with E-state index in [-0.39, 0.29) is 12.8 Å². The van der Waals surface area contributed by atoms with Crippen LogP contribution in [0.15, 0.2) is 24.3 Å². The number of fused-ring (bicyclic) bond motifs is 8. The Balaban J connectivity index is 2.02. The van der Waals surface area contributed by atoms with Crippen molar-refractivity contribution >= 4 is 84.1 Å². The van der Waals surface area contributed by atoms with Crippen LogP contribution >= 0.6 is 8.92 Å². The summed E-state index contributed by atoms with van der Waals surface area (Å²) in [7, 11) is 7.12. The Morgan fingerprint density at radius 3 is 1.89 bits per heavy atom. The second kappa shape index (κ2) is 13.2. The number of aryl methyl sites for hydroxylation is 4. The Hall–Kier alpha value is -3.37. The van der Waals surface area contributed by atoms with Crippen LogP contribution in [-0.2, 0) is 22.4 Å². The van der Waals surface area contributed by atoms with Crippen molar-refractivity contribution in [2.24, 2.45) is 0 Å². The first-order valence-corrected chi connectivity index (χ1v) is 23.2. The van der Waals surface area contributed by atoms with Gasteiger partial charge >= 0.3 is 276 Å². The van der Waals surface area contributed by atoms with Crippen molar-refractivity contribution in [3.05, 3.63) is 69.3 Å². The zero-order valence-corrected chi connectivity index (χ0v) is 30.6. The topological polar surface area (TPSA) is 121 Å². The Kier molecular flexibility index (Phi) is 9.65. The molecule has 234 valence electrons. The van der Waals surface area contributed by atoms with E-state index in [1.54, 1.807) is 0 Å². The summed E-state index contributed by atoms with van der Waals surface area (Å²) in [6, 6.07) is 8.33. The quantitative estimate of drug-likeness (QED) is 0.190. The number of nitrogens with one attached hydrogen (secondary N) is 1. The summed E-state index contributed by atoms with van der Waals surface area (Å²) in [6.07, 6.45) is 2.30. The molecule has 0 aliphatic carbocycles. The van der Waals surface area contributed by atoms with E-state index in [2.05, 4.69) is 58.6 Å². The molecule has 2 aliphatic rings. The Morgan fingerprint density at radius 2 is 1.31 bits per heavy atom. The first kappa shape index (κ1) is 33.0. The van der Waals surface area contributed by atoms with E-state index in [9.17, 15) is 19.8 Å². The molecule has 5 heterocycles. The minimum atomic E-state index is -2.75. The van der Waals surface area contributed by atoms with Crippen LogP contribution in [0.3, 0.4) is 0 Å². The van der Waals surface area contributed by atoms with Gasteiger partial charge in [0.1, 0.15) is 0 Å². The fourth-order valence-corrected chi connectivity index (χ4v) is 11.0. The van der Waals surface area contributed by atoms with Crippen LogP contribution in [0.5, 0.6) is 0 Å². The molecule has 0 unspecified atom stereocenters. The van der Waals surface area contributed by atoms with Gasteiger partial charge in [0, 0.05) is 0 Å². The van der Waals surface area contributed by atoms with Crippen LogP contribution in [0.1, 0.15) is 98.4 Å². The van der Waals surface area contributed by atoms with Gasteiger partial charge in [-0.25, -0.2) is 0 Å². The summed E-state index contributed by atoms with van der Waals surface area (Å²) in [6.45, 7) is 12.6. The molecule has 0 saturated carbocycles. The Morgan fingerprint density at radius 1 is 0.756 bits per heavy atom. The first-order valence-electron chi connectivity index (χ1n) is 15.5. The van der Waals surface area contributed by atoms with Crippen LogP contribution in [0.4, 0.5) is 0 Å². The molecule has 0 aromatic carbocycles. The molecule has 3 aromatic heterocycles. The van der Waals surface area contributed by atoms with Crippen LogP contribution in [-0.4, -0.2) is 58.8 Å². The van der Waals surface area contributed by atoms with Gasteiger partial charge < -0.3 is 0 Å². The van der Waals surface area contributed by atoms with E-state index in [0.29, 0.717) is 18.5 Å². The van der Waals surface area contributed by atoms with E-state index in [0.717, 1.165) is 85.4 Å². The predicted molar refractivity (Wildman–Crippen MR) is 184 cm³/mol. The molecular weight excluding hydrogens is 695 g/mol. The van der Waals surface area contributed by atoms with E-state index in [1.807, 2.05) is 19.9 Å². The number of halogens is 1. The molecule has 8 bridgehead atoms. The third kappa shape index (κ3) is 6.23. The number of allylic oxidation sites excluding steroid dienone is 4. The molecule has 0 amide bonds. The third-order valence-electron chi connectivity index (χ3n) is 9.15. The van der Waals surface area contributed by atoms with E-state index < -0.39 is 30.8 Å². The van der Waals surface area contributed by atoms with Gasteiger partial charge in [0.25, 0.3) is 0 Å². The number of carboxylic acid groups (broad SMARTS) is 2. The number of aliphatic carboxylic acids is 2. The molecule has 0 atom stereocenters. The van der Waals surface area contributed by atoms with Crippen LogP contribution in [0.25, 0.3) is 44.4 Å². The fourth-order valence-electron chi connectivity index (χ4n) is 6.69. The van der Waals surface area contributed by atoms with Crippen molar-refractivity contribution < 1.29 is 19.8 Å². The Labute approximate surface area is 274 Å². The number of nitrogens with zero attached hydrogens (tertiary/aromatic N) is 3. The number of aromatic amines is 1.